The number of carbonyl (C=O) groups excluding carboxylic acids is 1. The molecule has 1 spiro atoms. The SMILES string of the molecule is CC(C)C1=NOC2(CCN(C(=O)c3ccccc3)C2)C1. The minimum atomic E-state index is -0.274. The smallest absolute Gasteiger partial charge is 0.253 e. The molecule has 2 heterocycles. The highest BCUT2D eigenvalue weighted by atomic mass is 16.7. The molecule has 1 saturated heterocycles. The Labute approximate surface area is 119 Å². The molecule has 3 rings (SSSR count). The Morgan fingerprint density at radius 1 is 1.35 bits per heavy atom. The molecular formula is C16H20N2O2. The lowest BCUT2D eigenvalue weighted by Gasteiger charge is -2.22. The van der Waals surface area contributed by atoms with Crippen LogP contribution in [0.5, 0.6) is 0 Å². The number of carbonyl (C=O) groups is 1. The van der Waals surface area contributed by atoms with Crippen molar-refractivity contribution in [1.29, 1.82) is 0 Å². The lowest BCUT2D eigenvalue weighted by Crippen LogP contribution is -2.36. The van der Waals surface area contributed by atoms with Crippen molar-refractivity contribution in [3.05, 3.63) is 35.9 Å². The average molecular weight is 272 g/mol. The standard InChI is InChI=1S/C16H20N2O2/c1-12(2)14-10-16(20-17-14)8-9-18(11-16)15(19)13-6-4-3-5-7-13/h3-7,12H,8-11H2,1-2H3. The molecule has 0 aromatic heterocycles. The monoisotopic (exact) mass is 272 g/mol. The first-order valence-electron chi connectivity index (χ1n) is 7.19. The average Bonchev–Trinajstić information content (AvgIpc) is 3.07. The van der Waals surface area contributed by atoms with Gasteiger partial charge >= 0.3 is 0 Å². The van der Waals surface area contributed by atoms with Crippen LogP contribution in [0.3, 0.4) is 0 Å². The molecule has 2 aliphatic rings. The van der Waals surface area contributed by atoms with Crippen molar-refractivity contribution in [1.82, 2.24) is 4.90 Å². The number of hydrogen-bond acceptors (Lipinski definition) is 3. The zero-order valence-electron chi connectivity index (χ0n) is 12.0. The van der Waals surface area contributed by atoms with Gasteiger partial charge in [-0.1, -0.05) is 37.2 Å². The van der Waals surface area contributed by atoms with Crippen molar-refractivity contribution >= 4 is 11.6 Å². The summed E-state index contributed by atoms with van der Waals surface area (Å²) < 4.78 is 0. The van der Waals surface area contributed by atoms with E-state index in [1.165, 1.54) is 0 Å². The van der Waals surface area contributed by atoms with Gasteiger partial charge in [0.2, 0.25) is 0 Å². The van der Waals surface area contributed by atoms with Gasteiger partial charge in [-0.05, 0) is 18.1 Å². The Balaban J connectivity index is 1.68. The van der Waals surface area contributed by atoms with Crippen LogP contribution in [0.25, 0.3) is 0 Å². The summed E-state index contributed by atoms with van der Waals surface area (Å²) in [5.74, 6) is 0.498. The maximum Gasteiger partial charge on any atom is 0.253 e. The number of nitrogens with zero attached hydrogens (tertiary/aromatic N) is 2. The van der Waals surface area contributed by atoms with Gasteiger partial charge in [0, 0.05) is 24.9 Å². The Kier molecular flexibility index (Phi) is 3.24. The molecule has 0 bridgehead atoms. The fourth-order valence-corrected chi connectivity index (χ4v) is 2.86. The molecule has 0 radical (unpaired) electrons. The molecule has 0 saturated carbocycles. The summed E-state index contributed by atoms with van der Waals surface area (Å²) >= 11 is 0. The van der Waals surface area contributed by atoms with E-state index in [0.29, 0.717) is 12.5 Å². The van der Waals surface area contributed by atoms with Crippen LogP contribution in [0, 0.1) is 5.92 Å². The van der Waals surface area contributed by atoms with Crippen LogP contribution in [0.15, 0.2) is 35.5 Å². The fourth-order valence-electron chi connectivity index (χ4n) is 2.86. The van der Waals surface area contributed by atoms with Crippen molar-refractivity contribution in [2.75, 3.05) is 13.1 Å². The largest absolute Gasteiger partial charge is 0.387 e. The number of amides is 1. The summed E-state index contributed by atoms with van der Waals surface area (Å²) in [4.78, 5) is 20.0. The molecule has 1 aromatic rings. The second-order valence-electron chi connectivity index (χ2n) is 6.03. The third kappa shape index (κ3) is 2.30. The van der Waals surface area contributed by atoms with Crippen molar-refractivity contribution < 1.29 is 9.63 Å². The first kappa shape index (κ1) is 13.2. The maximum atomic E-state index is 12.4. The Morgan fingerprint density at radius 2 is 2.10 bits per heavy atom. The highest BCUT2D eigenvalue weighted by Gasteiger charge is 2.46. The van der Waals surface area contributed by atoms with E-state index in [-0.39, 0.29) is 11.5 Å². The molecule has 1 atom stereocenters. The molecule has 2 aliphatic heterocycles. The Hall–Kier alpha value is -1.84. The normalized spacial score (nSPS) is 25.1. The molecular weight excluding hydrogens is 252 g/mol. The Bertz CT molecular complexity index is 539. The summed E-state index contributed by atoms with van der Waals surface area (Å²) in [6.07, 6.45) is 1.72. The lowest BCUT2D eigenvalue weighted by molar-refractivity contribution is -0.00917. The minimum Gasteiger partial charge on any atom is -0.387 e. The van der Waals surface area contributed by atoms with E-state index in [0.717, 1.165) is 30.7 Å². The minimum absolute atomic E-state index is 0.0871. The summed E-state index contributed by atoms with van der Waals surface area (Å²) in [6, 6.07) is 9.43. The van der Waals surface area contributed by atoms with E-state index >= 15 is 0 Å². The first-order chi connectivity index (χ1) is 9.60. The predicted molar refractivity (Wildman–Crippen MR) is 77.7 cm³/mol. The predicted octanol–water partition coefficient (Wildman–Crippen LogP) is 2.70. The van der Waals surface area contributed by atoms with Crippen molar-refractivity contribution in [2.45, 2.75) is 32.3 Å². The molecule has 1 fully saturated rings. The van der Waals surface area contributed by atoms with Gasteiger partial charge in [0.1, 0.15) is 0 Å². The zero-order valence-corrected chi connectivity index (χ0v) is 12.0. The molecule has 1 aromatic carbocycles. The number of rotatable bonds is 2. The topological polar surface area (TPSA) is 41.9 Å². The first-order valence-corrected chi connectivity index (χ1v) is 7.19. The lowest BCUT2D eigenvalue weighted by atomic mass is 9.92. The van der Waals surface area contributed by atoms with Gasteiger partial charge < -0.3 is 9.74 Å². The van der Waals surface area contributed by atoms with Crippen LogP contribution in [-0.4, -0.2) is 35.2 Å². The van der Waals surface area contributed by atoms with Crippen LogP contribution >= 0.6 is 0 Å². The summed E-state index contributed by atoms with van der Waals surface area (Å²) in [7, 11) is 0. The van der Waals surface area contributed by atoms with Crippen LogP contribution in [-0.2, 0) is 4.84 Å². The number of hydrogen-bond donors (Lipinski definition) is 0. The third-order valence-electron chi connectivity index (χ3n) is 4.15. The summed E-state index contributed by atoms with van der Waals surface area (Å²) in [6.45, 7) is 5.64. The molecule has 0 N–H and O–H groups in total. The van der Waals surface area contributed by atoms with Gasteiger partial charge in [0.15, 0.2) is 5.60 Å². The molecule has 106 valence electrons. The van der Waals surface area contributed by atoms with Gasteiger partial charge in [0.05, 0.1) is 12.3 Å². The van der Waals surface area contributed by atoms with Crippen molar-refractivity contribution in [2.24, 2.45) is 11.1 Å². The van der Waals surface area contributed by atoms with Crippen molar-refractivity contribution in [3.8, 4) is 0 Å². The van der Waals surface area contributed by atoms with E-state index in [4.69, 9.17) is 4.84 Å². The highest BCUT2D eigenvalue weighted by Crippen LogP contribution is 2.35. The second-order valence-corrected chi connectivity index (χ2v) is 6.03. The summed E-state index contributed by atoms with van der Waals surface area (Å²) in [5.41, 5.74) is 1.58. The van der Waals surface area contributed by atoms with Gasteiger partial charge in [0.25, 0.3) is 5.91 Å². The molecule has 0 aliphatic carbocycles. The van der Waals surface area contributed by atoms with E-state index in [1.807, 2.05) is 35.2 Å². The summed E-state index contributed by atoms with van der Waals surface area (Å²) in [5, 5.41) is 4.22. The van der Waals surface area contributed by atoms with Gasteiger partial charge in [-0.2, -0.15) is 0 Å². The van der Waals surface area contributed by atoms with E-state index in [2.05, 4.69) is 19.0 Å². The Morgan fingerprint density at radius 3 is 2.75 bits per heavy atom. The van der Waals surface area contributed by atoms with Gasteiger partial charge in [-0.3, -0.25) is 4.79 Å². The number of oxime groups is 1. The zero-order chi connectivity index (χ0) is 14.2. The fraction of sp³-hybridized carbons (Fsp3) is 0.500. The van der Waals surface area contributed by atoms with E-state index in [1.54, 1.807) is 0 Å². The van der Waals surface area contributed by atoms with Crippen molar-refractivity contribution in [3.63, 3.8) is 0 Å². The van der Waals surface area contributed by atoms with E-state index in [9.17, 15) is 4.79 Å². The molecule has 1 unspecified atom stereocenters. The second kappa shape index (κ2) is 4.93. The number of likely N-dealkylation sites (tertiary alicyclic amines) is 1. The van der Waals surface area contributed by atoms with E-state index < -0.39 is 0 Å². The van der Waals surface area contributed by atoms with Crippen LogP contribution in [0.2, 0.25) is 0 Å². The molecule has 4 heteroatoms. The maximum absolute atomic E-state index is 12.4. The highest BCUT2D eigenvalue weighted by molar-refractivity contribution is 5.94. The molecule has 20 heavy (non-hydrogen) atoms. The third-order valence-corrected chi connectivity index (χ3v) is 4.15. The van der Waals surface area contributed by atoms with Crippen LogP contribution in [0.4, 0.5) is 0 Å². The molecule has 1 amide bonds. The molecule has 4 nitrogen and oxygen atoms in total. The number of benzene rings is 1. The van der Waals surface area contributed by atoms with Gasteiger partial charge in [-0.25, -0.2) is 0 Å². The van der Waals surface area contributed by atoms with Crippen LogP contribution in [0.1, 0.15) is 37.0 Å². The van der Waals surface area contributed by atoms with Gasteiger partial charge in [-0.15, -0.1) is 0 Å². The quantitative estimate of drug-likeness (QED) is 0.830. The van der Waals surface area contributed by atoms with Crippen LogP contribution < -0.4 is 0 Å².